The lowest BCUT2D eigenvalue weighted by molar-refractivity contribution is 0.0950. The van der Waals surface area contributed by atoms with Crippen molar-refractivity contribution in [3.05, 3.63) is 16.4 Å². The van der Waals surface area contributed by atoms with Gasteiger partial charge in [-0.15, -0.1) is 0 Å². The first-order chi connectivity index (χ1) is 9.08. The van der Waals surface area contributed by atoms with Gasteiger partial charge >= 0.3 is 0 Å². The number of hydrogen-bond acceptors (Lipinski definition) is 3. The monoisotopic (exact) mass is 327 g/mol. The second-order valence-electron chi connectivity index (χ2n) is 5.65. The van der Waals surface area contributed by atoms with Gasteiger partial charge in [0.1, 0.15) is 5.69 Å². The molecule has 5 heteroatoms. The lowest BCUT2D eigenvalue weighted by atomic mass is 9.99. The SMILES string of the molecule is CN(C)CCn1ncc(Br)c1C(=O)CC1CCCC1. The van der Waals surface area contributed by atoms with Gasteiger partial charge in [0.2, 0.25) is 0 Å². The highest BCUT2D eigenvalue weighted by atomic mass is 79.9. The Morgan fingerprint density at radius 3 is 2.79 bits per heavy atom. The molecule has 1 fully saturated rings. The summed E-state index contributed by atoms with van der Waals surface area (Å²) in [5.74, 6) is 0.812. The number of Topliss-reactive ketones (excluding diaryl/α,β-unsaturated/α-hetero) is 1. The summed E-state index contributed by atoms with van der Waals surface area (Å²) in [6.07, 6.45) is 7.37. The molecule has 0 unspecified atom stereocenters. The summed E-state index contributed by atoms with van der Waals surface area (Å²) in [5.41, 5.74) is 0.744. The average Bonchev–Trinajstić information content (AvgIpc) is 2.96. The summed E-state index contributed by atoms with van der Waals surface area (Å²) >= 11 is 3.46. The highest BCUT2D eigenvalue weighted by molar-refractivity contribution is 9.10. The molecule has 0 bridgehead atoms. The molecular weight excluding hydrogens is 306 g/mol. The van der Waals surface area contributed by atoms with Crippen LogP contribution < -0.4 is 0 Å². The molecule has 1 aromatic rings. The van der Waals surface area contributed by atoms with Gasteiger partial charge in [-0.2, -0.15) is 5.10 Å². The van der Waals surface area contributed by atoms with Crippen LogP contribution in [-0.2, 0) is 6.54 Å². The van der Waals surface area contributed by atoms with Crippen molar-refractivity contribution in [2.24, 2.45) is 5.92 Å². The molecule has 0 aromatic carbocycles. The van der Waals surface area contributed by atoms with Gasteiger partial charge in [0.05, 0.1) is 17.2 Å². The second kappa shape index (κ2) is 6.66. The first-order valence-electron chi connectivity index (χ1n) is 6.97. The van der Waals surface area contributed by atoms with Crippen LogP contribution in [0, 0.1) is 5.92 Å². The maximum atomic E-state index is 12.4. The van der Waals surface area contributed by atoms with Crippen molar-refractivity contribution in [2.75, 3.05) is 20.6 Å². The van der Waals surface area contributed by atoms with Crippen molar-refractivity contribution < 1.29 is 4.79 Å². The Kier molecular flexibility index (Phi) is 5.16. The summed E-state index contributed by atoms with van der Waals surface area (Å²) in [6, 6.07) is 0. The zero-order valence-corrected chi connectivity index (χ0v) is 13.3. The summed E-state index contributed by atoms with van der Waals surface area (Å²) in [6.45, 7) is 1.64. The van der Waals surface area contributed by atoms with E-state index < -0.39 is 0 Å². The van der Waals surface area contributed by atoms with E-state index in [0.29, 0.717) is 12.3 Å². The smallest absolute Gasteiger partial charge is 0.182 e. The van der Waals surface area contributed by atoms with Gasteiger partial charge in [-0.25, -0.2) is 0 Å². The van der Waals surface area contributed by atoms with Crippen molar-refractivity contribution in [2.45, 2.75) is 38.6 Å². The maximum absolute atomic E-state index is 12.4. The molecule has 0 aliphatic heterocycles. The zero-order valence-electron chi connectivity index (χ0n) is 11.7. The normalized spacial score (nSPS) is 16.4. The zero-order chi connectivity index (χ0) is 13.8. The molecule has 0 amide bonds. The first kappa shape index (κ1) is 14.7. The molecule has 0 atom stereocenters. The van der Waals surface area contributed by atoms with E-state index >= 15 is 0 Å². The molecule has 19 heavy (non-hydrogen) atoms. The van der Waals surface area contributed by atoms with E-state index in [9.17, 15) is 4.79 Å². The minimum absolute atomic E-state index is 0.232. The number of ketones is 1. The molecule has 106 valence electrons. The quantitative estimate of drug-likeness (QED) is 0.754. The molecule has 0 N–H and O–H groups in total. The van der Waals surface area contributed by atoms with Crippen LogP contribution in [0.1, 0.15) is 42.6 Å². The Labute approximate surface area is 123 Å². The van der Waals surface area contributed by atoms with Gasteiger partial charge in [-0.3, -0.25) is 9.48 Å². The topological polar surface area (TPSA) is 38.1 Å². The van der Waals surface area contributed by atoms with E-state index in [2.05, 4.69) is 25.9 Å². The Bertz CT molecular complexity index is 436. The van der Waals surface area contributed by atoms with Crippen molar-refractivity contribution >= 4 is 21.7 Å². The van der Waals surface area contributed by atoms with Crippen molar-refractivity contribution in [3.8, 4) is 0 Å². The lowest BCUT2D eigenvalue weighted by Gasteiger charge is -2.13. The van der Waals surface area contributed by atoms with Crippen molar-refractivity contribution in [1.29, 1.82) is 0 Å². The van der Waals surface area contributed by atoms with Crippen LogP contribution in [0.15, 0.2) is 10.7 Å². The van der Waals surface area contributed by atoms with E-state index in [1.807, 2.05) is 18.8 Å². The third-order valence-corrected chi connectivity index (χ3v) is 4.35. The average molecular weight is 328 g/mol. The predicted octanol–water partition coefficient (Wildman–Crippen LogP) is 2.97. The molecule has 1 saturated carbocycles. The van der Waals surface area contributed by atoms with Gasteiger partial charge in [-0.05, 0) is 35.9 Å². The van der Waals surface area contributed by atoms with E-state index in [1.54, 1.807) is 6.20 Å². The fraction of sp³-hybridized carbons (Fsp3) is 0.714. The van der Waals surface area contributed by atoms with E-state index in [4.69, 9.17) is 0 Å². The maximum Gasteiger partial charge on any atom is 0.182 e. The Hall–Kier alpha value is -0.680. The molecule has 1 aliphatic rings. The molecule has 1 heterocycles. The van der Waals surface area contributed by atoms with Crippen LogP contribution in [0.25, 0.3) is 0 Å². The fourth-order valence-corrected chi connectivity index (χ4v) is 3.19. The Morgan fingerprint density at radius 1 is 1.47 bits per heavy atom. The third-order valence-electron chi connectivity index (χ3n) is 3.77. The molecule has 1 aliphatic carbocycles. The lowest BCUT2D eigenvalue weighted by Crippen LogP contribution is -2.22. The van der Waals surface area contributed by atoms with Gasteiger partial charge < -0.3 is 4.90 Å². The molecule has 2 rings (SSSR count). The number of hydrogen-bond donors (Lipinski definition) is 0. The third kappa shape index (κ3) is 3.89. The van der Waals surface area contributed by atoms with Gasteiger partial charge in [-0.1, -0.05) is 25.7 Å². The summed E-state index contributed by atoms with van der Waals surface area (Å²) in [7, 11) is 4.05. The molecule has 0 spiro atoms. The molecule has 0 radical (unpaired) electrons. The minimum Gasteiger partial charge on any atom is -0.308 e. The highest BCUT2D eigenvalue weighted by Gasteiger charge is 2.23. The van der Waals surface area contributed by atoms with Crippen LogP contribution in [-0.4, -0.2) is 41.1 Å². The highest BCUT2D eigenvalue weighted by Crippen LogP contribution is 2.30. The van der Waals surface area contributed by atoms with Crippen LogP contribution in [0.5, 0.6) is 0 Å². The number of rotatable bonds is 6. The van der Waals surface area contributed by atoms with Crippen molar-refractivity contribution in [1.82, 2.24) is 14.7 Å². The van der Waals surface area contributed by atoms with Crippen LogP contribution in [0.3, 0.4) is 0 Å². The van der Waals surface area contributed by atoms with Crippen molar-refractivity contribution in [3.63, 3.8) is 0 Å². The number of likely N-dealkylation sites (N-methyl/N-ethyl adjacent to an activating group) is 1. The van der Waals surface area contributed by atoms with Gasteiger partial charge in [0.15, 0.2) is 5.78 Å². The minimum atomic E-state index is 0.232. The number of nitrogens with zero attached hydrogens (tertiary/aromatic N) is 3. The Balaban J connectivity index is 2.04. The standard InChI is InChI=1S/C14H22BrN3O/c1-17(2)7-8-18-14(12(15)10-16-18)13(19)9-11-5-3-4-6-11/h10-11H,3-9H2,1-2H3. The molecular formula is C14H22BrN3O. The van der Waals surface area contributed by atoms with E-state index in [1.165, 1.54) is 25.7 Å². The molecule has 1 aromatic heterocycles. The van der Waals surface area contributed by atoms with Crippen LogP contribution in [0.4, 0.5) is 0 Å². The number of halogens is 1. The summed E-state index contributed by atoms with van der Waals surface area (Å²) < 4.78 is 2.66. The predicted molar refractivity (Wildman–Crippen MR) is 79.4 cm³/mol. The number of aromatic nitrogens is 2. The van der Waals surface area contributed by atoms with Crippen LogP contribution in [0.2, 0.25) is 0 Å². The van der Waals surface area contributed by atoms with Crippen LogP contribution >= 0.6 is 15.9 Å². The van der Waals surface area contributed by atoms with Gasteiger partial charge in [0, 0.05) is 13.0 Å². The largest absolute Gasteiger partial charge is 0.308 e. The fourth-order valence-electron chi connectivity index (χ4n) is 2.68. The first-order valence-corrected chi connectivity index (χ1v) is 7.76. The summed E-state index contributed by atoms with van der Waals surface area (Å²) in [4.78, 5) is 14.5. The van der Waals surface area contributed by atoms with Gasteiger partial charge in [0.25, 0.3) is 0 Å². The molecule has 0 saturated heterocycles. The number of carbonyl (C=O) groups excluding carboxylic acids is 1. The molecule has 4 nitrogen and oxygen atoms in total. The summed E-state index contributed by atoms with van der Waals surface area (Å²) in [5, 5.41) is 4.31. The Morgan fingerprint density at radius 2 is 2.16 bits per heavy atom. The second-order valence-corrected chi connectivity index (χ2v) is 6.50. The van der Waals surface area contributed by atoms with E-state index in [0.717, 1.165) is 23.3 Å². The number of carbonyl (C=O) groups is 1. The van der Waals surface area contributed by atoms with E-state index in [-0.39, 0.29) is 5.78 Å².